The van der Waals surface area contributed by atoms with E-state index in [1.54, 1.807) is 0 Å². The van der Waals surface area contributed by atoms with Gasteiger partial charge in [0, 0.05) is 68.2 Å². The van der Waals surface area contributed by atoms with E-state index in [1.807, 2.05) is 22.7 Å². The van der Waals surface area contributed by atoms with Gasteiger partial charge < -0.3 is 9.38 Å². The minimum absolute atomic E-state index is 0.0166. The predicted molar refractivity (Wildman–Crippen MR) is 282 cm³/mol. The number of hydrogen-bond donors (Lipinski definition) is 0. The molecule has 2 aliphatic heterocycles. The van der Waals surface area contributed by atoms with Gasteiger partial charge in [-0.15, -0.1) is 22.7 Å². The highest BCUT2D eigenvalue weighted by Gasteiger charge is 2.47. The second-order valence-electron chi connectivity index (χ2n) is 22.6. The Bertz CT molecular complexity index is 3700. The highest BCUT2D eigenvalue weighted by atomic mass is 32.1. The van der Waals surface area contributed by atoms with Crippen molar-refractivity contribution < 1.29 is 0 Å². The molecule has 0 spiro atoms. The third-order valence-corrected chi connectivity index (χ3v) is 17.6. The van der Waals surface area contributed by atoms with Crippen molar-refractivity contribution in [2.75, 3.05) is 4.81 Å². The van der Waals surface area contributed by atoms with Gasteiger partial charge in [0.15, 0.2) is 0 Å². The summed E-state index contributed by atoms with van der Waals surface area (Å²) < 4.78 is 8.16. The first-order chi connectivity index (χ1) is 30.4. The summed E-state index contributed by atoms with van der Waals surface area (Å²) in [4.78, 5) is 2.74. The average molecular weight is 865 g/mol. The molecule has 0 N–H and O–H groups in total. The van der Waals surface area contributed by atoms with Gasteiger partial charge in [0.2, 0.25) is 0 Å². The molecule has 64 heavy (non-hydrogen) atoms. The van der Waals surface area contributed by atoms with Crippen LogP contribution in [-0.2, 0) is 21.7 Å². The molecule has 0 saturated carbocycles. The van der Waals surface area contributed by atoms with E-state index < -0.39 is 0 Å². The summed E-state index contributed by atoms with van der Waals surface area (Å²) in [5, 5.41) is 6.72. The zero-order valence-electron chi connectivity index (χ0n) is 38.8. The fraction of sp³-hybridized carbons (Fsp3) is 0.254. The lowest BCUT2D eigenvalue weighted by Crippen LogP contribution is -2.59. The van der Waals surface area contributed by atoms with Crippen LogP contribution in [0.1, 0.15) is 104 Å². The van der Waals surface area contributed by atoms with Gasteiger partial charge in [-0.05, 0) is 121 Å². The number of rotatable bonds is 1. The smallest absolute Gasteiger partial charge is 0.343 e. The van der Waals surface area contributed by atoms with Crippen molar-refractivity contribution in [3.63, 3.8) is 0 Å². The summed E-state index contributed by atoms with van der Waals surface area (Å²) in [7, 11) is 0. The van der Waals surface area contributed by atoms with Gasteiger partial charge in [-0.1, -0.05) is 143 Å². The van der Waals surface area contributed by atoms with E-state index in [-0.39, 0.29) is 28.5 Å². The fourth-order valence-corrected chi connectivity index (χ4v) is 14.0. The SMILES string of the molecule is CC(C)(C)c1ccc(N2B3c4sc5ccc(C(C)(C)C)cc5c4-n4c5cc6sc7ccccc7c6cc5c5ccc(c3c54)-c3cc4c(cc32)-c2ccc(C(C)(C)C)cc2C4(C)C)cc1. The molecule has 13 rings (SSSR count). The summed E-state index contributed by atoms with van der Waals surface area (Å²) >= 11 is 3.92. The molecular weight excluding hydrogens is 812 g/mol. The molecule has 3 aliphatic rings. The molecule has 3 aromatic heterocycles. The largest absolute Gasteiger partial charge is 0.376 e. The Balaban J connectivity index is 1.18. The minimum Gasteiger partial charge on any atom is -0.376 e. The standard InChI is InChI=1S/C59H53BN2S2/c1-56(2,3)32-16-20-35(21-17-32)62-48-30-40-36-22-18-34(58(7,8)9)27-45(36)59(10,11)46(40)29-42(48)38-23-24-39-41-28-43-37-14-12-13-15-49(37)63-51(43)31-47(41)61-53(39)52(38)60(62)55-54(61)44-26-33(57(4,5)6)19-25-50(44)64-55/h12-31H,1-11H3. The molecule has 10 aromatic rings. The van der Waals surface area contributed by atoms with Crippen LogP contribution < -0.4 is 15.1 Å². The zero-order valence-corrected chi connectivity index (χ0v) is 40.5. The van der Waals surface area contributed by atoms with Crippen LogP contribution in [0.2, 0.25) is 0 Å². The number of hydrogen-bond acceptors (Lipinski definition) is 3. The van der Waals surface area contributed by atoms with Crippen molar-refractivity contribution in [2.24, 2.45) is 0 Å². The van der Waals surface area contributed by atoms with Crippen molar-refractivity contribution >= 4 is 103 Å². The topological polar surface area (TPSA) is 8.17 Å². The lowest BCUT2D eigenvalue weighted by Gasteiger charge is -2.41. The normalized spacial score (nSPS) is 15.2. The van der Waals surface area contributed by atoms with Crippen LogP contribution in [0, 0.1) is 0 Å². The number of nitrogens with zero attached hydrogens (tertiary/aromatic N) is 2. The maximum absolute atomic E-state index is 2.74. The molecule has 5 heteroatoms. The van der Waals surface area contributed by atoms with Crippen LogP contribution in [0.5, 0.6) is 0 Å². The molecule has 0 unspecified atom stereocenters. The Labute approximate surface area is 385 Å². The molecule has 5 heterocycles. The summed E-state index contributed by atoms with van der Waals surface area (Å²) in [6.45, 7) is 25.9. The van der Waals surface area contributed by atoms with Crippen LogP contribution in [0.4, 0.5) is 11.4 Å². The van der Waals surface area contributed by atoms with Gasteiger partial charge in [0.25, 0.3) is 0 Å². The van der Waals surface area contributed by atoms with E-state index in [0.29, 0.717) is 0 Å². The van der Waals surface area contributed by atoms with E-state index in [1.165, 1.54) is 129 Å². The number of thiophene rings is 2. The van der Waals surface area contributed by atoms with Crippen molar-refractivity contribution in [2.45, 2.75) is 97.8 Å². The summed E-state index contributed by atoms with van der Waals surface area (Å²) in [6.07, 6.45) is 0. The summed E-state index contributed by atoms with van der Waals surface area (Å²) in [5.74, 6) is 0. The van der Waals surface area contributed by atoms with Gasteiger partial charge in [-0.2, -0.15) is 0 Å². The first-order valence-corrected chi connectivity index (χ1v) is 24.7. The third kappa shape index (κ3) is 5.09. The lowest BCUT2D eigenvalue weighted by atomic mass is 9.47. The van der Waals surface area contributed by atoms with Crippen LogP contribution in [0.15, 0.2) is 121 Å². The monoisotopic (exact) mass is 864 g/mol. The molecule has 0 radical (unpaired) electrons. The molecule has 0 atom stereocenters. The van der Waals surface area contributed by atoms with Gasteiger partial charge in [-0.3, -0.25) is 0 Å². The Morgan fingerprint density at radius 3 is 1.89 bits per heavy atom. The van der Waals surface area contributed by atoms with E-state index >= 15 is 0 Å². The predicted octanol–water partition coefficient (Wildman–Crippen LogP) is 15.8. The number of benzene rings is 7. The molecule has 2 nitrogen and oxygen atoms in total. The summed E-state index contributed by atoms with van der Waals surface area (Å²) in [6, 6.07) is 48.3. The Hall–Kier alpha value is -5.62. The second-order valence-corrected chi connectivity index (χ2v) is 24.8. The molecule has 0 amide bonds. The fourth-order valence-electron chi connectivity index (χ4n) is 11.7. The zero-order chi connectivity index (χ0) is 44.1. The average Bonchev–Trinajstić information content (AvgIpc) is 3.97. The molecule has 0 bridgehead atoms. The van der Waals surface area contributed by atoms with E-state index in [0.717, 1.165) is 0 Å². The number of aromatic nitrogens is 1. The molecule has 0 fully saturated rings. The maximum Gasteiger partial charge on any atom is 0.343 e. The first-order valence-electron chi connectivity index (χ1n) is 23.1. The number of fused-ring (bicyclic) bond motifs is 16. The van der Waals surface area contributed by atoms with Crippen LogP contribution >= 0.6 is 22.7 Å². The quantitative estimate of drug-likeness (QED) is 0.149. The van der Waals surface area contributed by atoms with Crippen LogP contribution in [0.3, 0.4) is 0 Å². The molecule has 0 saturated heterocycles. The van der Waals surface area contributed by atoms with Crippen molar-refractivity contribution in [1.82, 2.24) is 4.57 Å². The van der Waals surface area contributed by atoms with E-state index in [9.17, 15) is 0 Å². The Kier molecular flexibility index (Phi) is 7.51. The van der Waals surface area contributed by atoms with Crippen LogP contribution in [-0.4, -0.2) is 11.4 Å². The first kappa shape index (κ1) is 38.8. The molecule has 7 aromatic carbocycles. The minimum atomic E-state index is -0.148. The van der Waals surface area contributed by atoms with Gasteiger partial charge in [0.1, 0.15) is 0 Å². The number of anilines is 2. The van der Waals surface area contributed by atoms with E-state index in [4.69, 9.17) is 0 Å². The maximum atomic E-state index is 2.74. The van der Waals surface area contributed by atoms with E-state index in [2.05, 4.69) is 207 Å². The van der Waals surface area contributed by atoms with Crippen LogP contribution in [0.25, 0.3) is 80.0 Å². The van der Waals surface area contributed by atoms with Crippen molar-refractivity contribution in [1.29, 1.82) is 0 Å². The third-order valence-electron chi connectivity index (χ3n) is 15.2. The Morgan fingerprint density at radius 1 is 0.484 bits per heavy atom. The van der Waals surface area contributed by atoms with Gasteiger partial charge >= 0.3 is 6.85 Å². The lowest BCUT2D eigenvalue weighted by molar-refractivity contribution is 0.584. The van der Waals surface area contributed by atoms with Crippen molar-refractivity contribution in [3.8, 4) is 27.9 Å². The highest BCUT2D eigenvalue weighted by Crippen LogP contribution is 2.56. The van der Waals surface area contributed by atoms with Gasteiger partial charge in [0.05, 0.1) is 16.7 Å². The van der Waals surface area contributed by atoms with Gasteiger partial charge in [-0.25, -0.2) is 0 Å². The second kappa shape index (κ2) is 12.4. The van der Waals surface area contributed by atoms with Crippen molar-refractivity contribution in [3.05, 3.63) is 149 Å². The molecule has 314 valence electrons. The Morgan fingerprint density at radius 2 is 1.14 bits per heavy atom. The summed E-state index contributed by atoms with van der Waals surface area (Å²) in [5.41, 5.74) is 20.3. The molecular formula is C59H53BN2S2. The molecule has 1 aliphatic carbocycles. The highest BCUT2D eigenvalue weighted by molar-refractivity contribution is 7.32.